The van der Waals surface area contributed by atoms with Crippen molar-refractivity contribution in [2.75, 3.05) is 13.7 Å². The third kappa shape index (κ3) is 14.0. The summed E-state index contributed by atoms with van der Waals surface area (Å²) in [6.07, 6.45) is 0.875. The van der Waals surface area contributed by atoms with Gasteiger partial charge in [-0.05, 0) is 13.3 Å². The quantitative estimate of drug-likeness (QED) is 0.700. The van der Waals surface area contributed by atoms with Gasteiger partial charge in [-0.25, -0.2) is 0 Å². The van der Waals surface area contributed by atoms with Crippen molar-refractivity contribution in [3.05, 3.63) is 35.9 Å². The molecule has 0 saturated heterocycles. The molecule has 0 fully saturated rings. The largest absolute Gasteiger partial charge is 0.400 e. The number of aryl methyl sites for hydroxylation is 1. The summed E-state index contributed by atoms with van der Waals surface area (Å²) in [5, 5.41) is 14.9. The van der Waals surface area contributed by atoms with E-state index in [0.717, 1.165) is 13.5 Å². The fourth-order valence-electron chi connectivity index (χ4n) is 0.534. The molecule has 0 aliphatic heterocycles. The predicted octanol–water partition coefficient (Wildman–Crippen LogP) is 1.99. The zero-order valence-electron chi connectivity index (χ0n) is 8.70. The molecule has 0 aliphatic rings. The highest BCUT2D eigenvalue weighted by atomic mass is 16.3. The number of hydrogen-bond donors (Lipinski definition) is 2. The van der Waals surface area contributed by atoms with Crippen LogP contribution in [0, 0.1) is 6.92 Å². The summed E-state index contributed by atoms with van der Waals surface area (Å²) in [4.78, 5) is 0. The number of hydrogen-bond acceptors (Lipinski definition) is 2. The van der Waals surface area contributed by atoms with E-state index in [1.165, 1.54) is 5.56 Å². The van der Waals surface area contributed by atoms with Crippen LogP contribution in [0.5, 0.6) is 0 Å². The third-order valence-electron chi connectivity index (χ3n) is 1.16. The van der Waals surface area contributed by atoms with E-state index in [9.17, 15) is 0 Å². The maximum absolute atomic E-state index is 7.88. The molecule has 0 heterocycles. The van der Waals surface area contributed by atoms with Crippen LogP contribution in [0.4, 0.5) is 0 Å². The van der Waals surface area contributed by atoms with Gasteiger partial charge in [-0.15, -0.1) is 0 Å². The summed E-state index contributed by atoms with van der Waals surface area (Å²) in [5.74, 6) is 0. The first kappa shape index (κ1) is 14.7. The first-order valence-electron chi connectivity index (χ1n) is 4.38. The van der Waals surface area contributed by atoms with Gasteiger partial charge in [0, 0.05) is 13.7 Å². The summed E-state index contributed by atoms with van der Waals surface area (Å²) in [6, 6.07) is 10.3. The standard InChI is InChI=1S/C7H8.C3H8O.CH4O/c1-7-5-3-2-4-6-7;1-2-3-4;1-2/h2-6H,1H3;4H,2-3H2,1H3;2H,1H3. The minimum absolute atomic E-state index is 0.319. The molecule has 2 heteroatoms. The normalized spacial score (nSPS) is 7.46. The molecular formula is C11H20O2. The second-order valence-corrected chi connectivity index (χ2v) is 2.38. The van der Waals surface area contributed by atoms with Crippen molar-refractivity contribution < 1.29 is 10.2 Å². The Morgan fingerprint density at radius 3 is 1.62 bits per heavy atom. The topological polar surface area (TPSA) is 40.5 Å². The molecule has 0 atom stereocenters. The molecule has 13 heavy (non-hydrogen) atoms. The number of aliphatic hydroxyl groups is 2. The Labute approximate surface area is 80.9 Å². The molecule has 0 amide bonds. The van der Waals surface area contributed by atoms with E-state index < -0.39 is 0 Å². The van der Waals surface area contributed by atoms with Crippen molar-refractivity contribution in [2.24, 2.45) is 0 Å². The Hall–Kier alpha value is -0.860. The van der Waals surface area contributed by atoms with Crippen LogP contribution < -0.4 is 0 Å². The molecule has 0 saturated carbocycles. The highest BCUT2D eigenvalue weighted by Gasteiger charge is 1.72. The van der Waals surface area contributed by atoms with Crippen molar-refractivity contribution in [2.45, 2.75) is 20.3 Å². The average Bonchev–Trinajstić information content (AvgIpc) is 2.22. The lowest BCUT2D eigenvalue weighted by molar-refractivity contribution is 0.295. The van der Waals surface area contributed by atoms with Gasteiger partial charge in [0.1, 0.15) is 0 Å². The zero-order valence-corrected chi connectivity index (χ0v) is 8.70. The highest BCUT2D eigenvalue weighted by molar-refractivity contribution is 5.11. The molecule has 2 N–H and O–H groups in total. The van der Waals surface area contributed by atoms with Crippen molar-refractivity contribution in [3.63, 3.8) is 0 Å². The maximum atomic E-state index is 7.88. The van der Waals surface area contributed by atoms with Crippen molar-refractivity contribution in [1.29, 1.82) is 0 Å². The van der Waals surface area contributed by atoms with Crippen LogP contribution in [0.3, 0.4) is 0 Å². The first-order valence-corrected chi connectivity index (χ1v) is 4.38. The maximum Gasteiger partial charge on any atom is 0.0428 e. The molecule has 2 nitrogen and oxygen atoms in total. The Balaban J connectivity index is 0. The number of benzene rings is 1. The molecule has 1 rings (SSSR count). The molecule has 0 radical (unpaired) electrons. The molecule has 0 aliphatic carbocycles. The van der Waals surface area contributed by atoms with Crippen LogP contribution in [0.25, 0.3) is 0 Å². The van der Waals surface area contributed by atoms with Gasteiger partial charge in [-0.2, -0.15) is 0 Å². The molecule has 1 aromatic rings. The van der Waals surface area contributed by atoms with Crippen molar-refractivity contribution >= 4 is 0 Å². The predicted molar refractivity (Wildman–Crippen MR) is 56.7 cm³/mol. The van der Waals surface area contributed by atoms with Crippen LogP contribution in [-0.4, -0.2) is 23.9 Å². The molecule has 0 spiro atoms. The van der Waals surface area contributed by atoms with Crippen LogP contribution in [-0.2, 0) is 0 Å². The molecule has 76 valence electrons. The van der Waals surface area contributed by atoms with Crippen LogP contribution in [0.2, 0.25) is 0 Å². The van der Waals surface area contributed by atoms with Gasteiger partial charge in [-0.3, -0.25) is 0 Å². The smallest absolute Gasteiger partial charge is 0.0428 e. The van der Waals surface area contributed by atoms with E-state index >= 15 is 0 Å². The van der Waals surface area contributed by atoms with Crippen LogP contribution >= 0.6 is 0 Å². The fraction of sp³-hybridized carbons (Fsp3) is 0.455. The fourth-order valence-corrected chi connectivity index (χ4v) is 0.534. The zero-order chi connectivity index (χ0) is 10.5. The van der Waals surface area contributed by atoms with E-state index in [1.54, 1.807) is 0 Å². The first-order chi connectivity index (χ1) is 6.31. The van der Waals surface area contributed by atoms with Gasteiger partial charge < -0.3 is 10.2 Å². The summed E-state index contributed by atoms with van der Waals surface area (Å²) in [7, 11) is 1.00. The van der Waals surface area contributed by atoms with E-state index in [-0.39, 0.29) is 0 Å². The molecule has 0 bridgehead atoms. The van der Waals surface area contributed by atoms with E-state index in [4.69, 9.17) is 10.2 Å². The SMILES string of the molecule is CCCO.CO.Cc1ccccc1. The van der Waals surface area contributed by atoms with Gasteiger partial charge in [0.05, 0.1) is 0 Å². The van der Waals surface area contributed by atoms with Gasteiger partial charge in [0.15, 0.2) is 0 Å². The van der Waals surface area contributed by atoms with Crippen molar-refractivity contribution in [3.8, 4) is 0 Å². The van der Waals surface area contributed by atoms with Gasteiger partial charge >= 0.3 is 0 Å². The van der Waals surface area contributed by atoms with Crippen molar-refractivity contribution in [1.82, 2.24) is 0 Å². The van der Waals surface area contributed by atoms with Gasteiger partial charge in [-0.1, -0.05) is 42.8 Å². The average molecular weight is 184 g/mol. The van der Waals surface area contributed by atoms with Gasteiger partial charge in [0.2, 0.25) is 0 Å². The lowest BCUT2D eigenvalue weighted by atomic mass is 10.2. The Bertz CT molecular complexity index is 159. The number of aliphatic hydroxyl groups excluding tert-OH is 2. The van der Waals surface area contributed by atoms with E-state index in [1.807, 2.05) is 25.1 Å². The van der Waals surface area contributed by atoms with E-state index in [0.29, 0.717) is 6.61 Å². The number of rotatable bonds is 1. The molecule has 0 unspecified atom stereocenters. The Kier molecular flexibility index (Phi) is 15.5. The molecule has 1 aromatic carbocycles. The molecule has 0 aromatic heterocycles. The summed E-state index contributed by atoms with van der Waals surface area (Å²) in [5.41, 5.74) is 1.32. The summed E-state index contributed by atoms with van der Waals surface area (Å²) in [6.45, 7) is 4.33. The third-order valence-corrected chi connectivity index (χ3v) is 1.16. The minimum Gasteiger partial charge on any atom is -0.400 e. The van der Waals surface area contributed by atoms with Crippen LogP contribution in [0.15, 0.2) is 30.3 Å². The highest BCUT2D eigenvalue weighted by Crippen LogP contribution is 1.92. The lowest BCUT2D eigenvalue weighted by Gasteiger charge is -1.82. The monoisotopic (exact) mass is 184 g/mol. The lowest BCUT2D eigenvalue weighted by Crippen LogP contribution is -1.69. The molecular weight excluding hydrogens is 164 g/mol. The van der Waals surface area contributed by atoms with Gasteiger partial charge in [0.25, 0.3) is 0 Å². The van der Waals surface area contributed by atoms with Crippen LogP contribution in [0.1, 0.15) is 18.9 Å². The Morgan fingerprint density at radius 1 is 1.08 bits per heavy atom. The minimum atomic E-state index is 0.319. The second-order valence-electron chi connectivity index (χ2n) is 2.38. The summed E-state index contributed by atoms with van der Waals surface area (Å²) >= 11 is 0. The second kappa shape index (κ2) is 13.7. The summed E-state index contributed by atoms with van der Waals surface area (Å²) < 4.78 is 0. The van der Waals surface area contributed by atoms with E-state index in [2.05, 4.69) is 19.1 Å². The Morgan fingerprint density at radius 2 is 1.46 bits per heavy atom.